The summed E-state index contributed by atoms with van der Waals surface area (Å²) in [7, 11) is 0. The molecule has 1 saturated heterocycles. The second kappa shape index (κ2) is 5.37. The fourth-order valence-electron chi connectivity index (χ4n) is 2.09. The van der Waals surface area contributed by atoms with Crippen molar-refractivity contribution in [1.82, 2.24) is 34.8 Å². The van der Waals surface area contributed by atoms with Crippen LogP contribution in [0.1, 0.15) is 17.8 Å². The molecule has 1 amide bonds. The molecule has 0 unspecified atom stereocenters. The number of aromatic nitrogens is 6. The van der Waals surface area contributed by atoms with Crippen LogP contribution in [0.4, 0.5) is 0 Å². The summed E-state index contributed by atoms with van der Waals surface area (Å²) in [5, 5.41) is 10.8. The van der Waals surface area contributed by atoms with Crippen LogP contribution in [-0.4, -0.2) is 60.4 Å². The van der Waals surface area contributed by atoms with E-state index in [9.17, 15) is 4.79 Å². The predicted octanol–water partition coefficient (Wildman–Crippen LogP) is -0.695. The van der Waals surface area contributed by atoms with Crippen molar-refractivity contribution in [3.63, 3.8) is 0 Å². The molecule has 3 rings (SSSR count). The number of carbonyl (C=O) groups is 1. The Labute approximate surface area is 115 Å². The number of morpholine rings is 1. The number of carbonyl (C=O) groups excluding carboxylic acids is 1. The Morgan fingerprint density at radius 3 is 3.20 bits per heavy atom. The molecular formula is C11H15N7O2. The minimum absolute atomic E-state index is 0.0175. The van der Waals surface area contributed by atoms with E-state index in [0.717, 1.165) is 5.82 Å². The first kappa shape index (κ1) is 12.7. The fraction of sp³-hybridized carbons (Fsp3) is 0.545. The molecule has 1 aliphatic heterocycles. The minimum atomic E-state index is -0.284. The Bertz CT molecular complexity index is 579. The van der Waals surface area contributed by atoms with Gasteiger partial charge in [0.15, 0.2) is 5.82 Å². The zero-order valence-corrected chi connectivity index (χ0v) is 11.1. The Balaban J connectivity index is 1.64. The monoisotopic (exact) mass is 277 g/mol. The number of rotatable bonds is 3. The standard InChI is InChI=1S/C11H15N7O2/c1-8-14-11(16-15-8)9-4-17(2-3-20-9)10(19)5-18-7-12-6-13-18/h6-7,9H,2-5H2,1H3,(H,14,15,16)/t9-/m0/s1. The van der Waals surface area contributed by atoms with Crippen LogP contribution in [-0.2, 0) is 16.1 Å². The van der Waals surface area contributed by atoms with Crippen LogP contribution >= 0.6 is 0 Å². The van der Waals surface area contributed by atoms with E-state index in [0.29, 0.717) is 25.5 Å². The largest absolute Gasteiger partial charge is 0.366 e. The van der Waals surface area contributed by atoms with Crippen molar-refractivity contribution in [2.24, 2.45) is 0 Å². The Hall–Kier alpha value is -2.29. The number of ether oxygens (including phenoxy) is 1. The number of H-pyrrole nitrogens is 1. The zero-order valence-electron chi connectivity index (χ0n) is 11.1. The lowest BCUT2D eigenvalue weighted by Gasteiger charge is -2.31. The molecule has 3 heterocycles. The summed E-state index contributed by atoms with van der Waals surface area (Å²) in [6.07, 6.45) is 2.65. The Morgan fingerprint density at radius 2 is 2.50 bits per heavy atom. The van der Waals surface area contributed by atoms with E-state index in [4.69, 9.17) is 4.74 Å². The third kappa shape index (κ3) is 2.67. The van der Waals surface area contributed by atoms with Gasteiger partial charge in [0.1, 0.15) is 31.1 Å². The topological polar surface area (TPSA) is 102 Å². The van der Waals surface area contributed by atoms with Gasteiger partial charge in [0.05, 0.1) is 13.2 Å². The van der Waals surface area contributed by atoms with Crippen LogP contribution < -0.4 is 0 Å². The quantitative estimate of drug-likeness (QED) is 0.796. The van der Waals surface area contributed by atoms with Crippen molar-refractivity contribution in [3.8, 4) is 0 Å². The van der Waals surface area contributed by atoms with E-state index >= 15 is 0 Å². The molecule has 1 N–H and O–H groups in total. The average Bonchev–Trinajstić information content (AvgIpc) is 3.10. The van der Waals surface area contributed by atoms with Crippen LogP contribution in [0.25, 0.3) is 0 Å². The first-order chi connectivity index (χ1) is 9.72. The highest BCUT2D eigenvalue weighted by atomic mass is 16.5. The molecule has 0 spiro atoms. The lowest BCUT2D eigenvalue weighted by atomic mass is 10.2. The molecule has 0 bridgehead atoms. The summed E-state index contributed by atoms with van der Waals surface area (Å²) < 4.78 is 7.12. The maximum Gasteiger partial charge on any atom is 0.244 e. The lowest BCUT2D eigenvalue weighted by molar-refractivity contribution is -0.140. The summed E-state index contributed by atoms with van der Waals surface area (Å²) >= 11 is 0. The number of aromatic amines is 1. The van der Waals surface area contributed by atoms with Gasteiger partial charge in [-0.15, -0.1) is 0 Å². The van der Waals surface area contributed by atoms with Crippen molar-refractivity contribution in [2.75, 3.05) is 19.7 Å². The third-order valence-corrected chi connectivity index (χ3v) is 3.09. The second-order valence-electron chi connectivity index (χ2n) is 4.57. The van der Waals surface area contributed by atoms with E-state index in [1.54, 1.807) is 4.90 Å². The average molecular weight is 277 g/mol. The molecule has 1 atom stereocenters. The van der Waals surface area contributed by atoms with Gasteiger partial charge in [-0.25, -0.2) is 14.6 Å². The van der Waals surface area contributed by atoms with Gasteiger partial charge < -0.3 is 9.64 Å². The smallest absolute Gasteiger partial charge is 0.244 e. The van der Waals surface area contributed by atoms with Crippen LogP contribution in [0.3, 0.4) is 0 Å². The lowest BCUT2D eigenvalue weighted by Crippen LogP contribution is -2.44. The van der Waals surface area contributed by atoms with Gasteiger partial charge in [0, 0.05) is 6.54 Å². The molecular weight excluding hydrogens is 262 g/mol. The van der Waals surface area contributed by atoms with E-state index in [1.165, 1.54) is 17.3 Å². The molecule has 1 fully saturated rings. The Kier molecular flexibility index (Phi) is 3.42. The van der Waals surface area contributed by atoms with Crippen molar-refractivity contribution in [2.45, 2.75) is 19.6 Å². The van der Waals surface area contributed by atoms with Gasteiger partial charge in [-0.2, -0.15) is 10.2 Å². The molecule has 2 aromatic heterocycles. The summed E-state index contributed by atoms with van der Waals surface area (Å²) in [4.78, 5) is 22.0. The molecule has 9 nitrogen and oxygen atoms in total. The highest BCUT2D eigenvalue weighted by Gasteiger charge is 2.27. The normalized spacial score (nSPS) is 19.2. The maximum atomic E-state index is 12.2. The zero-order chi connectivity index (χ0) is 13.9. The van der Waals surface area contributed by atoms with E-state index in [1.807, 2.05) is 6.92 Å². The molecule has 2 aromatic rings. The highest BCUT2D eigenvalue weighted by molar-refractivity contribution is 5.76. The van der Waals surface area contributed by atoms with Gasteiger partial charge in [0.25, 0.3) is 0 Å². The van der Waals surface area contributed by atoms with E-state index in [-0.39, 0.29) is 18.6 Å². The molecule has 0 saturated carbocycles. The van der Waals surface area contributed by atoms with Gasteiger partial charge in [-0.05, 0) is 6.92 Å². The molecule has 1 aliphatic rings. The molecule has 0 radical (unpaired) electrons. The summed E-state index contributed by atoms with van der Waals surface area (Å²) in [5.41, 5.74) is 0. The van der Waals surface area contributed by atoms with Crippen molar-refractivity contribution >= 4 is 5.91 Å². The number of hydrogen-bond acceptors (Lipinski definition) is 6. The fourth-order valence-corrected chi connectivity index (χ4v) is 2.09. The van der Waals surface area contributed by atoms with Crippen LogP contribution in [0.15, 0.2) is 12.7 Å². The second-order valence-corrected chi connectivity index (χ2v) is 4.57. The number of amides is 1. The predicted molar refractivity (Wildman–Crippen MR) is 66.4 cm³/mol. The van der Waals surface area contributed by atoms with Gasteiger partial charge in [0.2, 0.25) is 5.91 Å². The van der Waals surface area contributed by atoms with Crippen molar-refractivity contribution < 1.29 is 9.53 Å². The highest BCUT2D eigenvalue weighted by Crippen LogP contribution is 2.19. The molecule has 0 aliphatic carbocycles. The maximum absolute atomic E-state index is 12.2. The van der Waals surface area contributed by atoms with Crippen LogP contribution in [0.2, 0.25) is 0 Å². The van der Waals surface area contributed by atoms with Crippen molar-refractivity contribution in [3.05, 3.63) is 24.3 Å². The van der Waals surface area contributed by atoms with Crippen LogP contribution in [0, 0.1) is 6.92 Å². The number of hydrogen-bond donors (Lipinski definition) is 1. The van der Waals surface area contributed by atoms with E-state index in [2.05, 4.69) is 25.3 Å². The summed E-state index contributed by atoms with van der Waals surface area (Å²) in [5.74, 6) is 1.30. The van der Waals surface area contributed by atoms with Gasteiger partial charge in [-0.1, -0.05) is 0 Å². The van der Waals surface area contributed by atoms with Crippen molar-refractivity contribution in [1.29, 1.82) is 0 Å². The summed E-state index contributed by atoms with van der Waals surface area (Å²) in [6.45, 7) is 3.49. The van der Waals surface area contributed by atoms with Crippen LogP contribution in [0.5, 0.6) is 0 Å². The molecule has 106 valence electrons. The number of nitrogens with zero attached hydrogens (tertiary/aromatic N) is 6. The molecule has 9 heteroatoms. The van der Waals surface area contributed by atoms with Gasteiger partial charge in [-0.3, -0.25) is 9.89 Å². The third-order valence-electron chi connectivity index (χ3n) is 3.09. The molecule has 20 heavy (non-hydrogen) atoms. The Morgan fingerprint density at radius 1 is 1.60 bits per heavy atom. The first-order valence-electron chi connectivity index (χ1n) is 6.33. The molecule has 0 aromatic carbocycles. The number of aryl methyl sites for hydroxylation is 1. The first-order valence-corrected chi connectivity index (χ1v) is 6.33. The van der Waals surface area contributed by atoms with E-state index < -0.39 is 0 Å². The minimum Gasteiger partial charge on any atom is -0.366 e. The number of nitrogens with one attached hydrogen (secondary N) is 1. The SMILES string of the molecule is Cc1nc([C@@H]2CN(C(=O)Cn3cncn3)CCO2)n[nH]1. The summed E-state index contributed by atoms with van der Waals surface area (Å²) in [6, 6.07) is 0. The van der Waals surface area contributed by atoms with Gasteiger partial charge >= 0.3 is 0 Å².